The van der Waals surface area contributed by atoms with Crippen LogP contribution in [0.1, 0.15) is 16.7 Å². The zero-order valence-electron chi connectivity index (χ0n) is 12.4. The third-order valence-electron chi connectivity index (χ3n) is 3.10. The Labute approximate surface area is 134 Å². The van der Waals surface area contributed by atoms with Gasteiger partial charge in [-0.2, -0.15) is 26.3 Å². The minimum Gasteiger partial charge on any atom is -0.457 e. The molecule has 0 aliphatic heterocycles. The lowest BCUT2D eigenvalue weighted by Crippen LogP contribution is -2.11. The number of rotatable bonds is 4. The predicted octanol–water partition coefficient (Wildman–Crippen LogP) is 5.24. The maximum absolute atomic E-state index is 12.8. The molecule has 2 rings (SSSR count). The molecule has 2 aromatic rings. The van der Waals surface area contributed by atoms with E-state index < -0.39 is 29.2 Å². The van der Waals surface area contributed by atoms with Crippen LogP contribution in [0.25, 0.3) is 0 Å². The number of ether oxygens (including phenoxy) is 1. The van der Waals surface area contributed by atoms with Crippen molar-refractivity contribution in [2.75, 3.05) is 7.05 Å². The quantitative estimate of drug-likeness (QED) is 0.763. The molecule has 2 nitrogen and oxygen atoms in total. The lowest BCUT2D eigenvalue weighted by molar-refractivity contribution is -0.143. The number of hydrogen-bond donors (Lipinski definition) is 1. The van der Waals surface area contributed by atoms with Crippen molar-refractivity contribution in [1.82, 2.24) is 5.32 Å². The van der Waals surface area contributed by atoms with Gasteiger partial charge in [-0.3, -0.25) is 0 Å². The molecule has 0 aliphatic carbocycles. The van der Waals surface area contributed by atoms with Crippen molar-refractivity contribution in [2.24, 2.45) is 0 Å². The van der Waals surface area contributed by atoms with Gasteiger partial charge < -0.3 is 10.1 Å². The van der Waals surface area contributed by atoms with Gasteiger partial charge in [-0.05, 0) is 42.9 Å². The molecule has 24 heavy (non-hydrogen) atoms. The normalized spacial score (nSPS) is 12.3. The van der Waals surface area contributed by atoms with Gasteiger partial charge in [-0.25, -0.2) is 0 Å². The van der Waals surface area contributed by atoms with E-state index in [2.05, 4.69) is 5.32 Å². The number of hydrogen-bond acceptors (Lipinski definition) is 2. The molecule has 0 spiro atoms. The summed E-state index contributed by atoms with van der Waals surface area (Å²) in [5, 5.41) is 2.91. The maximum atomic E-state index is 12.8. The second-order valence-corrected chi connectivity index (χ2v) is 5.02. The van der Waals surface area contributed by atoms with Gasteiger partial charge in [-0.15, -0.1) is 0 Å². The molecule has 0 saturated heterocycles. The van der Waals surface area contributed by atoms with Crippen molar-refractivity contribution in [3.63, 3.8) is 0 Å². The average Bonchev–Trinajstić information content (AvgIpc) is 2.47. The molecule has 1 N–H and O–H groups in total. The molecular weight excluding hydrogens is 336 g/mol. The number of alkyl halides is 6. The SMILES string of the molecule is CNCc1ccc(Oc2cc(C(F)(F)F)cc(C(F)(F)F)c2)cc1. The average molecular weight is 349 g/mol. The molecule has 0 bridgehead atoms. The van der Waals surface area contributed by atoms with Crippen molar-refractivity contribution < 1.29 is 31.1 Å². The van der Waals surface area contributed by atoms with Crippen LogP contribution >= 0.6 is 0 Å². The Morgan fingerprint density at radius 3 is 1.71 bits per heavy atom. The fraction of sp³-hybridized carbons (Fsp3) is 0.250. The summed E-state index contributed by atoms with van der Waals surface area (Å²) in [6, 6.07) is 7.39. The summed E-state index contributed by atoms with van der Waals surface area (Å²) in [6.45, 7) is 0.571. The molecule has 0 radical (unpaired) electrons. The van der Waals surface area contributed by atoms with E-state index >= 15 is 0 Å². The zero-order chi connectivity index (χ0) is 18.0. The Morgan fingerprint density at radius 2 is 1.29 bits per heavy atom. The van der Waals surface area contributed by atoms with Gasteiger partial charge in [-0.1, -0.05) is 12.1 Å². The summed E-state index contributed by atoms with van der Waals surface area (Å²) in [4.78, 5) is 0. The van der Waals surface area contributed by atoms with Gasteiger partial charge in [0.2, 0.25) is 0 Å². The number of nitrogens with one attached hydrogen (secondary N) is 1. The van der Waals surface area contributed by atoms with E-state index in [9.17, 15) is 26.3 Å². The number of halogens is 6. The second-order valence-electron chi connectivity index (χ2n) is 5.02. The summed E-state index contributed by atoms with van der Waals surface area (Å²) in [5.74, 6) is -0.388. The third-order valence-corrected chi connectivity index (χ3v) is 3.10. The first-order valence-corrected chi connectivity index (χ1v) is 6.80. The largest absolute Gasteiger partial charge is 0.457 e. The molecule has 0 aliphatic rings. The van der Waals surface area contributed by atoms with Gasteiger partial charge >= 0.3 is 12.4 Å². The molecular formula is C16H13F6NO. The fourth-order valence-electron chi connectivity index (χ4n) is 2.00. The van der Waals surface area contributed by atoms with Gasteiger partial charge in [0.1, 0.15) is 11.5 Å². The fourth-order valence-corrected chi connectivity index (χ4v) is 2.00. The number of benzene rings is 2. The summed E-state index contributed by atoms with van der Waals surface area (Å²) in [5.41, 5.74) is -1.94. The van der Waals surface area contributed by atoms with Gasteiger partial charge in [0.25, 0.3) is 0 Å². The highest BCUT2D eigenvalue weighted by Crippen LogP contribution is 2.39. The van der Waals surface area contributed by atoms with Crippen LogP contribution in [0.5, 0.6) is 11.5 Å². The van der Waals surface area contributed by atoms with Crippen LogP contribution in [-0.2, 0) is 18.9 Å². The smallest absolute Gasteiger partial charge is 0.416 e. The molecule has 0 unspecified atom stereocenters. The highest BCUT2D eigenvalue weighted by atomic mass is 19.4. The van der Waals surface area contributed by atoms with E-state index in [4.69, 9.17) is 4.74 Å². The zero-order valence-corrected chi connectivity index (χ0v) is 12.4. The van der Waals surface area contributed by atoms with Gasteiger partial charge in [0.05, 0.1) is 11.1 Å². The highest BCUT2D eigenvalue weighted by Gasteiger charge is 2.37. The predicted molar refractivity (Wildman–Crippen MR) is 75.7 cm³/mol. The lowest BCUT2D eigenvalue weighted by Gasteiger charge is -2.14. The summed E-state index contributed by atoms with van der Waals surface area (Å²) < 4.78 is 81.9. The van der Waals surface area contributed by atoms with Crippen LogP contribution in [-0.4, -0.2) is 7.05 Å². The highest BCUT2D eigenvalue weighted by molar-refractivity contribution is 5.40. The summed E-state index contributed by atoms with van der Waals surface area (Å²) >= 11 is 0. The summed E-state index contributed by atoms with van der Waals surface area (Å²) in [7, 11) is 1.74. The van der Waals surface area contributed by atoms with Crippen LogP contribution in [0.2, 0.25) is 0 Å². The standard InChI is InChI=1S/C16H13F6NO/c1-23-9-10-2-4-13(5-3-10)24-14-7-11(15(17,18)19)6-12(8-14)16(20,21)22/h2-8,23H,9H2,1H3. The van der Waals surface area contributed by atoms with Gasteiger partial charge in [0, 0.05) is 6.54 Å². The Kier molecular flexibility index (Phi) is 5.08. The maximum Gasteiger partial charge on any atom is 0.416 e. The van der Waals surface area contributed by atoms with E-state index in [1.54, 1.807) is 19.2 Å². The first-order valence-electron chi connectivity index (χ1n) is 6.80. The molecule has 0 heterocycles. The first-order chi connectivity index (χ1) is 11.1. The molecule has 0 atom stereocenters. The van der Waals surface area contributed by atoms with E-state index in [-0.39, 0.29) is 11.8 Å². The molecule has 0 amide bonds. The van der Waals surface area contributed by atoms with Gasteiger partial charge in [0.15, 0.2) is 0 Å². The van der Waals surface area contributed by atoms with E-state index in [0.29, 0.717) is 18.7 Å². The Morgan fingerprint density at radius 1 is 0.792 bits per heavy atom. The van der Waals surface area contributed by atoms with Crippen molar-refractivity contribution in [1.29, 1.82) is 0 Å². The molecule has 8 heteroatoms. The monoisotopic (exact) mass is 349 g/mol. The van der Waals surface area contributed by atoms with Crippen molar-refractivity contribution in [2.45, 2.75) is 18.9 Å². The van der Waals surface area contributed by atoms with Crippen LogP contribution < -0.4 is 10.1 Å². The minimum absolute atomic E-state index is 0.0584. The topological polar surface area (TPSA) is 21.3 Å². The Bertz CT molecular complexity index is 659. The van der Waals surface area contributed by atoms with Crippen molar-refractivity contribution >= 4 is 0 Å². The third kappa shape index (κ3) is 4.64. The minimum atomic E-state index is -4.91. The molecule has 0 saturated carbocycles. The van der Waals surface area contributed by atoms with Crippen LogP contribution in [0.3, 0.4) is 0 Å². The molecule has 2 aromatic carbocycles. The van der Waals surface area contributed by atoms with E-state index in [0.717, 1.165) is 5.56 Å². The second kappa shape index (κ2) is 6.72. The molecule has 0 aromatic heterocycles. The molecule has 130 valence electrons. The van der Waals surface area contributed by atoms with Crippen LogP contribution in [0.4, 0.5) is 26.3 Å². The van der Waals surface area contributed by atoms with Crippen LogP contribution in [0, 0.1) is 0 Å². The Hall–Kier alpha value is -2.22. The molecule has 0 fully saturated rings. The van der Waals surface area contributed by atoms with E-state index in [1.807, 2.05) is 0 Å². The van der Waals surface area contributed by atoms with Crippen LogP contribution in [0.15, 0.2) is 42.5 Å². The van der Waals surface area contributed by atoms with Crippen molar-refractivity contribution in [3.05, 3.63) is 59.2 Å². The Balaban J connectivity index is 2.35. The lowest BCUT2D eigenvalue weighted by atomic mass is 10.1. The van der Waals surface area contributed by atoms with E-state index in [1.165, 1.54) is 12.1 Å². The first kappa shape index (κ1) is 18.1. The summed E-state index contributed by atoms with van der Waals surface area (Å²) in [6.07, 6.45) is -9.81. The van der Waals surface area contributed by atoms with Crippen molar-refractivity contribution in [3.8, 4) is 11.5 Å².